The summed E-state index contributed by atoms with van der Waals surface area (Å²) in [6.07, 6.45) is 3.91. The van der Waals surface area contributed by atoms with E-state index in [2.05, 4.69) is 20.8 Å². The van der Waals surface area contributed by atoms with Gasteiger partial charge in [-0.2, -0.15) is 0 Å². The standard InChI is InChI=1S/C10H21O2/c1-4-7-9-12-10(6-3)11-8-5-2/h10H,3-9H2,1-2H3. The van der Waals surface area contributed by atoms with E-state index >= 15 is 0 Å². The van der Waals surface area contributed by atoms with Gasteiger partial charge in [0.05, 0.1) is 0 Å². The molecule has 0 heterocycles. The molecule has 0 bridgehead atoms. The van der Waals surface area contributed by atoms with E-state index in [0.717, 1.165) is 32.5 Å². The summed E-state index contributed by atoms with van der Waals surface area (Å²) in [5.41, 5.74) is 0. The van der Waals surface area contributed by atoms with E-state index < -0.39 is 0 Å². The molecule has 73 valence electrons. The average Bonchev–Trinajstić information content (AvgIpc) is 2.11. The first kappa shape index (κ1) is 11.9. The SMILES string of the molecule is [CH2]CC(OCCC)OCCCC. The molecule has 0 amide bonds. The Hall–Kier alpha value is -0.0800. The summed E-state index contributed by atoms with van der Waals surface area (Å²) in [6, 6.07) is 0. The lowest BCUT2D eigenvalue weighted by Crippen LogP contribution is -2.17. The van der Waals surface area contributed by atoms with Crippen molar-refractivity contribution in [2.24, 2.45) is 0 Å². The summed E-state index contributed by atoms with van der Waals surface area (Å²) >= 11 is 0. The second-order valence-electron chi connectivity index (χ2n) is 2.81. The van der Waals surface area contributed by atoms with Crippen molar-refractivity contribution in [1.82, 2.24) is 0 Å². The molecule has 0 fully saturated rings. The third-order valence-corrected chi connectivity index (χ3v) is 1.55. The van der Waals surface area contributed by atoms with Gasteiger partial charge >= 0.3 is 0 Å². The van der Waals surface area contributed by atoms with Gasteiger partial charge in [-0.3, -0.25) is 0 Å². The van der Waals surface area contributed by atoms with Crippen LogP contribution in [0.15, 0.2) is 0 Å². The molecular weight excluding hydrogens is 152 g/mol. The Morgan fingerprint density at radius 2 is 1.75 bits per heavy atom. The smallest absolute Gasteiger partial charge is 0.157 e. The molecule has 1 unspecified atom stereocenters. The van der Waals surface area contributed by atoms with Crippen LogP contribution in [0.1, 0.15) is 39.5 Å². The molecule has 0 aromatic rings. The molecule has 0 N–H and O–H groups in total. The average molecular weight is 173 g/mol. The van der Waals surface area contributed by atoms with Gasteiger partial charge < -0.3 is 9.47 Å². The van der Waals surface area contributed by atoms with Crippen molar-refractivity contribution < 1.29 is 9.47 Å². The molecule has 0 rings (SSSR count). The van der Waals surface area contributed by atoms with Crippen LogP contribution >= 0.6 is 0 Å². The first-order chi connectivity index (χ1) is 5.85. The van der Waals surface area contributed by atoms with Gasteiger partial charge in [0.15, 0.2) is 6.29 Å². The molecule has 0 aromatic heterocycles. The fraction of sp³-hybridized carbons (Fsp3) is 0.900. The van der Waals surface area contributed by atoms with Crippen molar-refractivity contribution in [1.29, 1.82) is 0 Å². The van der Waals surface area contributed by atoms with Gasteiger partial charge in [0.1, 0.15) is 0 Å². The number of hydrogen-bond donors (Lipinski definition) is 0. The van der Waals surface area contributed by atoms with E-state index in [1.54, 1.807) is 0 Å². The van der Waals surface area contributed by atoms with Gasteiger partial charge in [-0.15, -0.1) is 0 Å². The molecule has 2 nitrogen and oxygen atoms in total. The molecule has 0 aliphatic heterocycles. The van der Waals surface area contributed by atoms with Crippen LogP contribution in [0.4, 0.5) is 0 Å². The first-order valence-electron chi connectivity index (χ1n) is 4.87. The van der Waals surface area contributed by atoms with Gasteiger partial charge in [-0.05, 0) is 26.2 Å². The Bertz CT molecular complexity index is 83.9. The molecule has 0 aliphatic rings. The fourth-order valence-corrected chi connectivity index (χ4v) is 0.823. The second-order valence-corrected chi connectivity index (χ2v) is 2.81. The lowest BCUT2D eigenvalue weighted by molar-refractivity contribution is -0.140. The summed E-state index contributed by atoms with van der Waals surface area (Å²) in [7, 11) is 0. The highest BCUT2D eigenvalue weighted by Gasteiger charge is 2.04. The van der Waals surface area contributed by atoms with Crippen molar-refractivity contribution in [2.75, 3.05) is 13.2 Å². The van der Waals surface area contributed by atoms with Crippen molar-refractivity contribution in [3.63, 3.8) is 0 Å². The molecular formula is C10H21O2. The summed E-state index contributed by atoms with van der Waals surface area (Å²) in [5.74, 6) is 0. The molecule has 1 radical (unpaired) electrons. The molecule has 0 aromatic carbocycles. The lowest BCUT2D eigenvalue weighted by Gasteiger charge is -2.15. The highest BCUT2D eigenvalue weighted by atomic mass is 16.7. The van der Waals surface area contributed by atoms with Crippen LogP contribution in [0.5, 0.6) is 0 Å². The van der Waals surface area contributed by atoms with Crippen molar-refractivity contribution in [3.05, 3.63) is 6.92 Å². The molecule has 2 heteroatoms. The summed E-state index contributed by atoms with van der Waals surface area (Å²) in [5, 5.41) is 0. The topological polar surface area (TPSA) is 18.5 Å². The molecule has 0 saturated heterocycles. The lowest BCUT2D eigenvalue weighted by atomic mass is 10.3. The molecule has 1 atom stereocenters. The van der Waals surface area contributed by atoms with E-state index in [9.17, 15) is 0 Å². The minimum atomic E-state index is -0.0866. The molecule has 12 heavy (non-hydrogen) atoms. The van der Waals surface area contributed by atoms with Gasteiger partial charge in [0.25, 0.3) is 0 Å². The highest BCUT2D eigenvalue weighted by Crippen LogP contribution is 2.02. The van der Waals surface area contributed by atoms with Crippen LogP contribution in [0.2, 0.25) is 0 Å². The van der Waals surface area contributed by atoms with Gasteiger partial charge in [0.2, 0.25) is 0 Å². The van der Waals surface area contributed by atoms with E-state index in [4.69, 9.17) is 9.47 Å². The van der Waals surface area contributed by atoms with Gasteiger partial charge in [-0.1, -0.05) is 20.3 Å². The van der Waals surface area contributed by atoms with E-state index in [1.807, 2.05) is 0 Å². The van der Waals surface area contributed by atoms with Crippen LogP contribution in [-0.4, -0.2) is 19.5 Å². The Balaban J connectivity index is 3.26. The normalized spacial score (nSPS) is 13.2. The Labute approximate surface area is 76.3 Å². The van der Waals surface area contributed by atoms with E-state index in [1.165, 1.54) is 0 Å². The Kier molecular flexibility index (Phi) is 8.95. The third kappa shape index (κ3) is 6.62. The Morgan fingerprint density at radius 3 is 2.25 bits per heavy atom. The maximum atomic E-state index is 5.45. The van der Waals surface area contributed by atoms with Crippen LogP contribution in [0.25, 0.3) is 0 Å². The zero-order valence-corrected chi connectivity index (χ0v) is 8.34. The molecule has 0 aliphatic carbocycles. The zero-order valence-electron chi connectivity index (χ0n) is 8.34. The number of hydrogen-bond acceptors (Lipinski definition) is 2. The predicted octanol–water partition coefficient (Wildman–Crippen LogP) is 2.78. The summed E-state index contributed by atoms with van der Waals surface area (Å²) < 4.78 is 10.9. The Morgan fingerprint density at radius 1 is 1.08 bits per heavy atom. The van der Waals surface area contributed by atoms with E-state index in [-0.39, 0.29) is 6.29 Å². The molecule has 0 spiro atoms. The monoisotopic (exact) mass is 173 g/mol. The number of ether oxygens (including phenoxy) is 2. The maximum absolute atomic E-state index is 5.45. The summed E-state index contributed by atoms with van der Waals surface area (Å²) in [4.78, 5) is 0. The summed E-state index contributed by atoms with van der Waals surface area (Å²) in [6.45, 7) is 9.57. The highest BCUT2D eigenvalue weighted by molar-refractivity contribution is 4.47. The van der Waals surface area contributed by atoms with Crippen LogP contribution in [0.3, 0.4) is 0 Å². The van der Waals surface area contributed by atoms with Crippen LogP contribution in [-0.2, 0) is 9.47 Å². The largest absolute Gasteiger partial charge is 0.353 e. The van der Waals surface area contributed by atoms with Crippen LogP contribution in [0, 0.1) is 6.92 Å². The van der Waals surface area contributed by atoms with Crippen molar-refractivity contribution in [3.8, 4) is 0 Å². The minimum Gasteiger partial charge on any atom is -0.353 e. The van der Waals surface area contributed by atoms with Crippen molar-refractivity contribution >= 4 is 0 Å². The third-order valence-electron chi connectivity index (χ3n) is 1.55. The van der Waals surface area contributed by atoms with Crippen LogP contribution < -0.4 is 0 Å². The minimum absolute atomic E-state index is 0.0866. The fourth-order valence-electron chi connectivity index (χ4n) is 0.823. The van der Waals surface area contributed by atoms with Crippen molar-refractivity contribution in [2.45, 2.75) is 45.8 Å². The van der Waals surface area contributed by atoms with Gasteiger partial charge in [-0.25, -0.2) is 0 Å². The maximum Gasteiger partial charge on any atom is 0.157 e. The zero-order chi connectivity index (χ0) is 9.23. The number of unbranched alkanes of at least 4 members (excludes halogenated alkanes) is 1. The number of rotatable bonds is 8. The quantitative estimate of drug-likeness (QED) is 0.415. The second kappa shape index (κ2) is 9.01. The first-order valence-corrected chi connectivity index (χ1v) is 4.87. The molecule has 0 saturated carbocycles. The van der Waals surface area contributed by atoms with Gasteiger partial charge in [0, 0.05) is 13.2 Å². The van der Waals surface area contributed by atoms with E-state index in [0.29, 0.717) is 6.42 Å². The predicted molar refractivity (Wildman–Crippen MR) is 50.9 cm³/mol.